The summed E-state index contributed by atoms with van der Waals surface area (Å²) in [5.74, 6) is 2.36. The Morgan fingerprint density at radius 2 is 1.67 bits per heavy atom. The topological polar surface area (TPSA) is 0 Å². The van der Waals surface area contributed by atoms with Crippen molar-refractivity contribution in [1.29, 1.82) is 0 Å². The molecule has 0 amide bonds. The SMILES string of the molecule is CP1CC2CCCC2C1. The Labute approximate surface area is 58.8 Å². The largest absolute Gasteiger partial charge is 0.109 e. The zero-order valence-electron chi connectivity index (χ0n) is 6.14. The van der Waals surface area contributed by atoms with Crippen LogP contribution < -0.4 is 0 Å². The van der Waals surface area contributed by atoms with Crippen molar-refractivity contribution in [3.8, 4) is 0 Å². The second-order valence-corrected chi connectivity index (χ2v) is 6.11. The van der Waals surface area contributed by atoms with Crippen LogP contribution in [0, 0.1) is 11.8 Å². The highest BCUT2D eigenvalue weighted by Crippen LogP contribution is 2.52. The molecular weight excluding hydrogens is 127 g/mol. The lowest BCUT2D eigenvalue weighted by Gasteiger charge is -2.04. The molecule has 0 N–H and O–H groups in total. The molecule has 0 aromatic heterocycles. The highest BCUT2D eigenvalue weighted by molar-refractivity contribution is 7.57. The van der Waals surface area contributed by atoms with Gasteiger partial charge in [0.05, 0.1) is 0 Å². The van der Waals surface area contributed by atoms with Gasteiger partial charge in [-0.2, -0.15) is 0 Å². The monoisotopic (exact) mass is 142 g/mol. The molecule has 2 unspecified atom stereocenters. The molecule has 9 heavy (non-hydrogen) atoms. The number of rotatable bonds is 0. The lowest BCUT2D eigenvalue weighted by molar-refractivity contribution is 0.494. The van der Waals surface area contributed by atoms with Gasteiger partial charge in [0.15, 0.2) is 0 Å². The van der Waals surface area contributed by atoms with E-state index in [1.54, 1.807) is 31.6 Å². The molecule has 1 saturated carbocycles. The van der Waals surface area contributed by atoms with E-state index in [4.69, 9.17) is 0 Å². The summed E-state index contributed by atoms with van der Waals surface area (Å²) >= 11 is 0. The van der Waals surface area contributed by atoms with E-state index < -0.39 is 0 Å². The Kier molecular flexibility index (Phi) is 1.53. The first-order valence-corrected chi connectivity index (χ1v) is 6.21. The molecule has 2 fully saturated rings. The molecule has 0 radical (unpaired) electrons. The van der Waals surface area contributed by atoms with E-state index in [1.165, 1.54) is 11.8 Å². The van der Waals surface area contributed by atoms with Crippen molar-refractivity contribution in [2.24, 2.45) is 11.8 Å². The van der Waals surface area contributed by atoms with Crippen molar-refractivity contribution in [2.45, 2.75) is 19.3 Å². The van der Waals surface area contributed by atoms with Crippen molar-refractivity contribution in [3.05, 3.63) is 0 Å². The fourth-order valence-corrected chi connectivity index (χ4v) is 5.18. The summed E-state index contributed by atoms with van der Waals surface area (Å²) < 4.78 is 0. The van der Waals surface area contributed by atoms with Crippen LogP contribution in [-0.2, 0) is 0 Å². The van der Waals surface area contributed by atoms with E-state index in [0.29, 0.717) is 7.92 Å². The first-order valence-electron chi connectivity index (χ1n) is 4.05. The Morgan fingerprint density at radius 3 is 2.22 bits per heavy atom. The number of fused-ring (bicyclic) bond motifs is 1. The van der Waals surface area contributed by atoms with E-state index in [9.17, 15) is 0 Å². The van der Waals surface area contributed by atoms with Crippen LogP contribution in [0.25, 0.3) is 0 Å². The zero-order chi connectivity index (χ0) is 6.27. The molecule has 1 heteroatoms. The van der Waals surface area contributed by atoms with E-state index in [0.717, 1.165) is 0 Å². The van der Waals surface area contributed by atoms with Gasteiger partial charge in [-0.1, -0.05) is 6.42 Å². The third-order valence-electron chi connectivity index (χ3n) is 2.91. The normalized spacial score (nSPS) is 49.7. The molecule has 0 nitrogen and oxygen atoms in total. The summed E-state index contributed by atoms with van der Waals surface area (Å²) in [6.07, 6.45) is 7.90. The lowest BCUT2D eigenvalue weighted by Crippen LogP contribution is -2.01. The maximum atomic E-state index is 2.48. The molecule has 0 aromatic carbocycles. The molecule has 2 rings (SSSR count). The summed E-state index contributed by atoms with van der Waals surface area (Å²) in [6, 6.07) is 0. The van der Waals surface area contributed by atoms with Crippen molar-refractivity contribution < 1.29 is 0 Å². The Hall–Kier alpha value is 0.430. The first kappa shape index (κ1) is 6.16. The minimum atomic E-state index is 0.502. The maximum absolute atomic E-state index is 2.48. The van der Waals surface area contributed by atoms with E-state index in [1.807, 2.05) is 0 Å². The summed E-state index contributed by atoms with van der Waals surface area (Å²) in [5, 5.41) is 0. The quantitative estimate of drug-likeness (QED) is 0.456. The Bertz CT molecular complexity index is 99.1. The highest BCUT2D eigenvalue weighted by atomic mass is 31.1. The average molecular weight is 142 g/mol. The maximum Gasteiger partial charge on any atom is -0.0297 e. The van der Waals surface area contributed by atoms with Gasteiger partial charge in [0.25, 0.3) is 0 Å². The van der Waals surface area contributed by atoms with Gasteiger partial charge in [-0.25, -0.2) is 0 Å². The van der Waals surface area contributed by atoms with Crippen LogP contribution in [0.4, 0.5) is 0 Å². The van der Waals surface area contributed by atoms with Crippen molar-refractivity contribution in [1.82, 2.24) is 0 Å². The van der Waals surface area contributed by atoms with Crippen molar-refractivity contribution >= 4 is 7.92 Å². The van der Waals surface area contributed by atoms with Crippen LogP contribution in [0.15, 0.2) is 0 Å². The third kappa shape index (κ3) is 1.03. The van der Waals surface area contributed by atoms with Crippen LogP contribution >= 0.6 is 7.92 Å². The summed E-state index contributed by atoms with van der Waals surface area (Å²) in [5.41, 5.74) is 0. The minimum absolute atomic E-state index is 0.502. The average Bonchev–Trinajstić information content (AvgIpc) is 2.22. The standard InChI is InChI=1S/C8H15P/c1-9-5-7-3-2-4-8(7)6-9/h7-8H,2-6H2,1H3. The first-order chi connectivity index (χ1) is 4.36. The molecule has 52 valence electrons. The third-order valence-corrected chi connectivity index (χ3v) is 5.09. The second-order valence-electron chi connectivity index (χ2n) is 3.67. The van der Waals surface area contributed by atoms with Crippen molar-refractivity contribution in [2.75, 3.05) is 19.0 Å². The molecule has 0 bridgehead atoms. The van der Waals surface area contributed by atoms with Crippen LogP contribution in [0.5, 0.6) is 0 Å². The highest BCUT2D eigenvalue weighted by Gasteiger charge is 2.34. The molecule has 1 heterocycles. The summed E-state index contributed by atoms with van der Waals surface area (Å²) in [7, 11) is 0.502. The van der Waals surface area contributed by atoms with Gasteiger partial charge in [-0.05, 0) is 43.7 Å². The Balaban J connectivity index is 2.02. The number of hydrogen-bond donors (Lipinski definition) is 0. The van der Waals surface area contributed by atoms with Crippen LogP contribution in [-0.4, -0.2) is 19.0 Å². The fourth-order valence-electron chi connectivity index (χ4n) is 2.47. The molecule has 0 aromatic rings. The molecule has 1 aliphatic heterocycles. The predicted molar refractivity (Wildman–Crippen MR) is 43.4 cm³/mol. The van der Waals surface area contributed by atoms with Gasteiger partial charge in [0.2, 0.25) is 0 Å². The molecule has 2 aliphatic rings. The van der Waals surface area contributed by atoms with E-state index in [2.05, 4.69) is 6.66 Å². The van der Waals surface area contributed by atoms with Crippen LogP contribution in [0.3, 0.4) is 0 Å². The predicted octanol–water partition coefficient (Wildman–Crippen LogP) is 2.53. The van der Waals surface area contributed by atoms with Gasteiger partial charge in [-0.3, -0.25) is 0 Å². The van der Waals surface area contributed by atoms with Crippen molar-refractivity contribution in [3.63, 3.8) is 0 Å². The molecule has 1 saturated heterocycles. The second kappa shape index (κ2) is 2.23. The summed E-state index contributed by atoms with van der Waals surface area (Å²) in [4.78, 5) is 0. The molecule has 2 atom stereocenters. The van der Waals surface area contributed by atoms with E-state index in [-0.39, 0.29) is 0 Å². The van der Waals surface area contributed by atoms with E-state index >= 15 is 0 Å². The molecular formula is C8H15P. The lowest BCUT2D eigenvalue weighted by atomic mass is 10.0. The Morgan fingerprint density at radius 1 is 1.11 bits per heavy atom. The molecule has 0 spiro atoms. The fraction of sp³-hybridized carbons (Fsp3) is 1.00. The minimum Gasteiger partial charge on any atom is -0.109 e. The zero-order valence-corrected chi connectivity index (χ0v) is 7.03. The number of hydrogen-bond acceptors (Lipinski definition) is 0. The van der Waals surface area contributed by atoms with Crippen LogP contribution in [0.1, 0.15) is 19.3 Å². The van der Waals surface area contributed by atoms with Gasteiger partial charge < -0.3 is 0 Å². The van der Waals surface area contributed by atoms with Gasteiger partial charge >= 0.3 is 0 Å². The van der Waals surface area contributed by atoms with Gasteiger partial charge in [0.1, 0.15) is 0 Å². The van der Waals surface area contributed by atoms with Gasteiger partial charge in [0, 0.05) is 0 Å². The molecule has 1 aliphatic carbocycles. The summed E-state index contributed by atoms with van der Waals surface area (Å²) in [6.45, 7) is 2.48. The van der Waals surface area contributed by atoms with Crippen LogP contribution in [0.2, 0.25) is 0 Å². The smallest absolute Gasteiger partial charge is 0.0297 e. The van der Waals surface area contributed by atoms with Gasteiger partial charge in [-0.15, -0.1) is 7.92 Å².